The van der Waals surface area contributed by atoms with Gasteiger partial charge < -0.3 is 10.2 Å². The third kappa shape index (κ3) is 4.74. The molecule has 3 aromatic rings. The zero-order valence-electron chi connectivity index (χ0n) is 16.9. The number of nitrogens with zero attached hydrogens (tertiary/aromatic N) is 3. The van der Waals surface area contributed by atoms with Crippen molar-refractivity contribution in [2.24, 2.45) is 0 Å². The number of amides is 1. The minimum Gasteiger partial charge on any atom is -0.340 e. The van der Waals surface area contributed by atoms with Crippen LogP contribution in [0, 0.1) is 20.8 Å². The van der Waals surface area contributed by atoms with E-state index in [9.17, 15) is 4.79 Å². The van der Waals surface area contributed by atoms with Crippen molar-refractivity contribution in [2.75, 3.05) is 11.9 Å². The van der Waals surface area contributed by atoms with Crippen LogP contribution in [0.2, 0.25) is 0 Å². The summed E-state index contributed by atoms with van der Waals surface area (Å²) in [6.45, 7) is 9.09. The van der Waals surface area contributed by atoms with Gasteiger partial charge in [-0.15, -0.1) is 0 Å². The highest BCUT2D eigenvalue weighted by Gasteiger charge is 2.18. The van der Waals surface area contributed by atoms with Crippen LogP contribution in [0.3, 0.4) is 0 Å². The lowest BCUT2D eigenvalue weighted by Crippen LogP contribution is -2.31. The van der Waals surface area contributed by atoms with Gasteiger partial charge in [-0.25, -0.2) is 9.97 Å². The lowest BCUT2D eigenvalue weighted by molar-refractivity contribution is 0.0746. The molecule has 0 aliphatic heterocycles. The molecule has 0 atom stereocenters. The molecule has 1 N–H and O–H groups in total. The summed E-state index contributed by atoms with van der Waals surface area (Å²) >= 11 is 0. The fraction of sp³-hybridized carbons (Fsp3) is 0.261. The summed E-state index contributed by atoms with van der Waals surface area (Å²) in [4.78, 5) is 23.6. The van der Waals surface area contributed by atoms with Crippen LogP contribution in [0.25, 0.3) is 0 Å². The molecule has 28 heavy (non-hydrogen) atoms. The monoisotopic (exact) mass is 374 g/mol. The van der Waals surface area contributed by atoms with Crippen molar-refractivity contribution in [3.05, 3.63) is 82.8 Å². The number of aryl methyl sites for hydroxylation is 3. The van der Waals surface area contributed by atoms with Crippen LogP contribution in [0.5, 0.6) is 0 Å². The summed E-state index contributed by atoms with van der Waals surface area (Å²) in [6, 6.07) is 17.8. The molecule has 0 fully saturated rings. The van der Waals surface area contributed by atoms with E-state index in [1.165, 1.54) is 11.1 Å². The Labute approximate surface area is 166 Å². The number of aromatic nitrogens is 2. The fourth-order valence-corrected chi connectivity index (χ4v) is 3.00. The normalized spacial score (nSPS) is 10.6. The van der Waals surface area contributed by atoms with Gasteiger partial charge in [-0.05, 0) is 56.5 Å². The minimum absolute atomic E-state index is 0.0972. The van der Waals surface area contributed by atoms with Crippen molar-refractivity contribution in [3.63, 3.8) is 0 Å². The highest BCUT2D eigenvalue weighted by Crippen LogP contribution is 2.20. The van der Waals surface area contributed by atoms with Crippen molar-refractivity contribution in [1.82, 2.24) is 14.9 Å². The molecule has 0 saturated carbocycles. The van der Waals surface area contributed by atoms with Gasteiger partial charge in [0.1, 0.15) is 17.3 Å². The summed E-state index contributed by atoms with van der Waals surface area (Å²) in [5.74, 6) is 1.09. The summed E-state index contributed by atoms with van der Waals surface area (Å²) in [6.07, 6.45) is 0. The van der Waals surface area contributed by atoms with Crippen molar-refractivity contribution < 1.29 is 4.79 Å². The van der Waals surface area contributed by atoms with E-state index in [0.29, 0.717) is 30.4 Å². The molecule has 0 spiro atoms. The molecule has 3 rings (SSSR count). The van der Waals surface area contributed by atoms with Gasteiger partial charge in [0, 0.05) is 24.8 Å². The maximum Gasteiger partial charge on any atom is 0.272 e. The Morgan fingerprint density at radius 1 is 0.964 bits per heavy atom. The maximum absolute atomic E-state index is 13.0. The number of carbonyl (C=O) groups excluding carboxylic acids is 1. The largest absolute Gasteiger partial charge is 0.340 e. The first-order valence-electron chi connectivity index (χ1n) is 9.49. The van der Waals surface area contributed by atoms with E-state index in [2.05, 4.69) is 41.3 Å². The second-order valence-electron chi connectivity index (χ2n) is 6.91. The third-order valence-electron chi connectivity index (χ3n) is 4.72. The molecule has 0 aliphatic rings. The van der Waals surface area contributed by atoms with Crippen LogP contribution in [0.4, 0.5) is 11.5 Å². The summed E-state index contributed by atoms with van der Waals surface area (Å²) in [5, 5.41) is 3.29. The molecule has 0 aliphatic carbocycles. The fourth-order valence-electron chi connectivity index (χ4n) is 3.00. The number of hydrogen-bond acceptors (Lipinski definition) is 4. The van der Waals surface area contributed by atoms with Gasteiger partial charge in [-0.2, -0.15) is 0 Å². The first-order valence-corrected chi connectivity index (χ1v) is 9.49. The van der Waals surface area contributed by atoms with Crippen molar-refractivity contribution in [3.8, 4) is 0 Å². The first-order chi connectivity index (χ1) is 13.5. The van der Waals surface area contributed by atoms with Gasteiger partial charge in [-0.1, -0.05) is 36.4 Å². The second kappa shape index (κ2) is 8.65. The van der Waals surface area contributed by atoms with Crippen LogP contribution >= 0.6 is 0 Å². The molecular formula is C23H26N4O. The molecule has 1 amide bonds. The predicted octanol–water partition coefficient (Wildman–Crippen LogP) is 4.81. The summed E-state index contributed by atoms with van der Waals surface area (Å²) in [5.41, 5.74) is 4.87. The smallest absolute Gasteiger partial charge is 0.272 e. The maximum atomic E-state index is 13.0. The van der Waals surface area contributed by atoms with Gasteiger partial charge >= 0.3 is 0 Å². The lowest BCUT2D eigenvalue weighted by Gasteiger charge is -2.21. The lowest BCUT2D eigenvalue weighted by atomic mass is 10.1. The number of hydrogen-bond donors (Lipinski definition) is 1. The van der Waals surface area contributed by atoms with Crippen LogP contribution < -0.4 is 5.32 Å². The Kier molecular flexibility index (Phi) is 6.04. The number of benzene rings is 2. The van der Waals surface area contributed by atoms with E-state index in [1.54, 1.807) is 17.9 Å². The van der Waals surface area contributed by atoms with Crippen LogP contribution in [0.1, 0.15) is 39.9 Å². The highest BCUT2D eigenvalue weighted by molar-refractivity contribution is 5.93. The van der Waals surface area contributed by atoms with Gasteiger partial charge in [0.05, 0.1) is 0 Å². The molecule has 0 bridgehead atoms. The average molecular weight is 374 g/mol. The average Bonchev–Trinajstić information content (AvgIpc) is 2.69. The van der Waals surface area contributed by atoms with Crippen LogP contribution in [-0.2, 0) is 6.54 Å². The number of anilines is 2. The first kappa shape index (κ1) is 19.5. The van der Waals surface area contributed by atoms with Crippen LogP contribution in [-0.4, -0.2) is 27.3 Å². The van der Waals surface area contributed by atoms with Crippen LogP contribution in [0.15, 0.2) is 54.6 Å². The number of carbonyl (C=O) groups is 1. The van der Waals surface area contributed by atoms with Crippen molar-refractivity contribution >= 4 is 17.4 Å². The minimum atomic E-state index is -0.0972. The zero-order chi connectivity index (χ0) is 20.1. The van der Waals surface area contributed by atoms with E-state index in [4.69, 9.17) is 0 Å². The zero-order valence-corrected chi connectivity index (χ0v) is 16.9. The Balaban J connectivity index is 1.82. The number of rotatable bonds is 6. The van der Waals surface area contributed by atoms with Gasteiger partial charge in [0.2, 0.25) is 0 Å². The molecule has 1 aromatic heterocycles. The van der Waals surface area contributed by atoms with E-state index in [-0.39, 0.29) is 5.91 Å². The number of nitrogens with one attached hydrogen (secondary N) is 1. The topological polar surface area (TPSA) is 58.1 Å². The molecule has 1 heterocycles. The molecule has 5 heteroatoms. The molecule has 0 unspecified atom stereocenters. The predicted molar refractivity (Wildman–Crippen MR) is 113 cm³/mol. The van der Waals surface area contributed by atoms with E-state index < -0.39 is 0 Å². The molecule has 0 radical (unpaired) electrons. The van der Waals surface area contributed by atoms with Gasteiger partial charge in [0.25, 0.3) is 5.91 Å². The standard InChI is InChI=1S/C23H26N4O/c1-5-27(15-19-9-7-6-8-10-19)23(28)21-14-22(25-18(4)24-21)26-20-12-11-16(2)17(3)13-20/h6-14H,5,15H2,1-4H3,(H,24,25,26). The summed E-state index contributed by atoms with van der Waals surface area (Å²) < 4.78 is 0. The molecule has 144 valence electrons. The van der Waals surface area contributed by atoms with E-state index in [0.717, 1.165) is 11.3 Å². The molecule has 5 nitrogen and oxygen atoms in total. The third-order valence-corrected chi connectivity index (χ3v) is 4.72. The van der Waals surface area contributed by atoms with Gasteiger partial charge in [-0.3, -0.25) is 4.79 Å². The Bertz CT molecular complexity index is 970. The van der Waals surface area contributed by atoms with E-state index >= 15 is 0 Å². The van der Waals surface area contributed by atoms with Crippen molar-refractivity contribution in [2.45, 2.75) is 34.2 Å². The van der Waals surface area contributed by atoms with E-state index in [1.807, 2.05) is 43.3 Å². The van der Waals surface area contributed by atoms with Gasteiger partial charge in [0.15, 0.2) is 0 Å². The second-order valence-corrected chi connectivity index (χ2v) is 6.91. The Morgan fingerprint density at radius 2 is 1.71 bits per heavy atom. The SMILES string of the molecule is CCN(Cc1ccccc1)C(=O)c1cc(Nc2ccc(C)c(C)c2)nc(C)n1. The highest BCUT2D eigenvalue weighted by atomic mass is 16.2. The summed E-state index contributed by atoms with van der Waals surface area (Å²) in [7, 11) is 0. The quantitative estimate of drug-likeness (QED) is 0.673. The Hall–Kier alpha value is -3.21. The molecule has 0 saturated heterocycles. The molecular weight excluding hydrogens is 348 g/mol. The van der Waals surface area contributed by atoms with Crippen molar-refractivity contribution in [1.29, 1.82) is 0 Å². The Morgan fingerprint density at radius 3 is 2.39 bits per heavy atom. The molecule has 2 aromatic carbocycles.